The first-order valence-electron chi connectivity index (χ1n) is 9.35. The normalized spacial score (nSPS) is 17.3. The van der Waals surface area contributed by atoms with Gasteiger partial charge in [0.2, 0.25) is 0 Å². The van der Waals surface area contributed by atoms with Crippen LogP contribution in [-0.4, -0.2) is 46.6 Å². The van der Waals surface area contributed by atoms with Crippen LogP contribution < -0.4 is 5.32 Å². The van der Waals surface area contributed by atoms with Gasteiger partial charge in [-0.2, -0.15) is 0 Å². The number of aryl methyl sites for hydroxylation is 1. The number of rotatable bonds is 7. The van der Waals surface area contributed by atoms with E-state index >= 15 is 0 Å². The van der Waals surface area contributed by atoms with Crippen LogP contribution in [0.4, 0.5) is 5.82 Å². The summed E-state index contributed by atoms with van der Waals surface area (Å²) in [5.41, 5.74) is 2.80. The Bertz CT molecular complexity index is 792. The van der Waals surface area contributed by atoms with E-state index in [1.165, 1.54) is 11.6 Å². The second kappa shape index (κ2) is 9.28. The summed E-state index contributed by atoms with van der Waals surface area (Å²) in [6, 6.07) is 10.9. The first-order chi connectivity index (χ1) is 13.1. The molecule has 0 amide bonds. The van der Waals surface area contributed by atoms with Crippen LogP contribution >= 0.6 is 0 Å². The minimum absolute atomic E-state index is 0.361. The van der Waals surface area contributed by atoms with Crippen LogP contribution in [0, 0.1) is 6.92 Å². The fourth-order valence-electron chi connectivity index (χ4n) is 3.19. The van der Waals surface area contributed by atoms with Gasteiger partial charge in [-0.25, -0.2) is 14.8 Å². The Balaban J connectivity index is 1.54. The summed E-state index contributed by atoms with van der Waals surface area (Å²) in [7, 11) is 0. The smallest absolute Gasteiger partial charge is 0.330 e. The molecule has 1 saturated heterocycles. The number of esters is 1. The van der Waals surface area contributed by atoms with Gasteiger partial charge in [-0.15, -0.1) is 0 Å². The monoisotopic (exact) mass is 366 g/mol. The van der Waals surface area contributed by atoms with E-state index in [1.807, 2.05) is 13.0 Å². The van der Waals surface area contributed by atoms with E-state index in [1.54, 1.807) is 19.2 Å². The number of nitrogens with zero attached hydrogens (tertiary/aromatic N) is 3. The lowest BCUT2D eigenvalue weighted by molar-refractivity contribution is -0.137. The number of benzene rings is 1. The summed E-state index contributed by atoms with van der Waals surface area (Å²) in [4.78, 5) is 22.8. The first kappa shape index (κ1) is 19.0. The third-order valence-electron chi connectivity index (χ3n) is 4.50. The summed E-state index contributed by atoms with van der Waals surface area (Å²) < 4.78 is 4.87. The molecule has 1 aliphatic rings. The van der Waals surface area contributed by atoms with Crippen LogP contribution in [0.3, 0.4) is 0 Å². The Morgan fingerprint density at radius 2 is 2.19 bits per heavy atom. The highest BCUT2D eigenvalue weighted by Crippen LogP contribution is 2.18. The topological polar surface area (TPSA) is 67.3 Å². The maximum atomic E-state index is 11.4. The van der Waals surface area contributed by atoms with Crippen LogP contribution in [0.5, 0.6) is 0 Å². The van der Waals surface area contributed by atoms with Crippen molar-refractivity contribution < 1.29 is 9.53 Å². The third-order valence-corrected chi connectivity index (χ3v) is 4.50. The lowest BCUT2D eigenvalue weighted by atomic mass is 10.2. The Hall–Kier alpha value is -2.73. The molecule has 0 aliphatic carbocycles. The SMILES string of the molecule is CCOC(=O)/C=C/c1cnc(N[C@@H]2CCN(Cc3ccccc3)C2)c(C)n1. The van der Waals surface area contributed by atoms with E-state index < -0.39 is 0 Å². The molecule has 0 saturated carbocycles. The maximum Gasteiger partial charge on any atom is 0.330 e. The summed E-state index contributed by atoms with van der Waals surface area (Å²) in [6.07, 6.45) is 5.75. The molecule has 1 N–H and O–H groups in total. The zero-order valence-electron chi connectivity index (χ0n) is 15.9. The molecule has 1 aromatic heterocycles. The maximum absolute atomic E-state index is 11.4. The molecule has 0 radical (unpaired) electrons. The first-order valence-corrected chi connectivity index (χ1v) is 9.35. The number of anilines is 1. The molecule has 1 fully saturated rings. The van der Waals surface area contributed by atoms with Gasteiger partial charge in [-0.05, 0) is 31.9 Å². The second-order valence-electron chi connectivity index (χ2n) is 6.66. The van der Waals surface area contributed by atoms with Crippen LogP contribution in [0.1, 0.15) is 30.3 Å². The molecule has 2 aromatic rings. The van der Waals surface area contributed by atoms with Gasteiger partial charge >= 0.3 is 5.97 Å². The minimum atomic E-state index is -0.372. The molecule has 6 heteroatoms. The van der Waals surface area contributed by atoms with Crippen molar-refractivity contribution in [2.75, 3.05) is 25.0 Å². The van der Waals surface area contributed by atoms with Crippen LogP contribution in [0.25, 0.3) is 6.08 Å². The van der Waals surface area contributed by atoms with Gasteiger partial charge < -0.3 is 10.1 Å². The molecular formula is C21H26N4O2. The number of aromatic nitrogens is 2. The molecule has 0 unspecified atom stereocenters. The summed E-state index contributed by atoms with van der Waals surface area (Å²) in [6.45, 7) is 7.09. The minimum Gasteiger partial charge on any atom is -0.463 e. The van der Waals surface area contributed by atoms with Gasteiger partial charge in [0.1, 0.15) is 5.82 Å². The molecule has 1 aliphatic heterocycles. The second-order valence-corrected chi connectivity index (χ2v) is 6.66. The van der Waals surface area contributed by atoms with Gasteiger partial charge in [-0.1, -0.05) is 30.3 Å². The lowest BCUT2D eigenvalue weighted by Crippen LogP contribution is -2.26. The molecule has 1 aromatic carbocycles. The Labute approximate surface area is 160 Å². The molecule has 3 rings (SSSR count). The predicted octanol–water partition coefficient (Wildman–Crippen LogP) is 3.05. The number of likely N-dealkylation sites (tertiary alicyclic amines) is 1. The van der Waals surface area contributed by atoms with Crippen molar-refractivity contribution in [3.05, 3.63) is 59.6 Å². The predicted molar refractivity (Wildman–Crippen MR) is 106 cm³/mol. The van der Waals surface area contributed by atoms with Gasteiger partial charge in [0.15, 0.2) is 0 Å². The van der Waals surface area contributed by atoms with Gasteiger partial charge in [-0.3, -0.25) is 4.90 Å². The van der Waals surface area contributed by atoms with E-state index in [2.05, 4.69) is 44.5 Å². The van der Waals surface area contributed by atoms with Crippen molar-refractivity contribution in [2.24, 2.45) is 0 Å². The highest BCUT2D eigenvalue weighted by Gasteiger charge is 2.23. The largest absolute Gasteiger partial charge is 0.463 e. The summed E-state index contributed by atoms with van der Waals surface area (Å²) in [5, 5.41) is 3.51. The van der Waals surface area contributed by atoms with Crippen molar-refractivity contribution in [1.82, 2.24) is 14.9 Å². The zero-order valence-corrected chi connectivity index (χ0v) is 15.9. The van der Waals surface area contributed by atoms with E-state index in [-0.39, 0.29) is 5.97 Å². The number of carbonyl (C=O) groups excluding carboxylic acids is 1. The number of nitrogens with one attached hydrogen (secondary N) is 1. The quantitative estimate of drug-likeness (QED) is 0.600. The van der Waals surface area contributed by atoms with Crippen molar-refractivity contribution in [2.45, 2.75) is 32.9 Å². The molecular weight excluding hydrogens is 340 g/mol. The van der Waals surface area contributed by atoms with E-state index in [9.17, 15) is 4.79 Å². The van der Waals surface area contributed by atoms with Gasteiger partial charge in [0.05, 0.1) is 24.2 Å². The van der Waals surface area contributed by atoms with Gasteiger partial charge in [0.25, 0.3) is 0 Å². The Morgan fingerprint density at radius 3 is 2.93 bits per heavy atom. The zero-order chi connectivity index (χ0) is 19.1. The lowest BCUT2D eigenvalue weighted by Gasteiger charge is -2.17. The molecule has 142 valence electrons. The third kappa shape index (κ3) is 5.62. The molecule has 2 heterocycles. The summed E-state index contributed by atoms with van der Waals surface area (Å²) >= 11 is 0. The fourth-order valence-corrected chi connectivity index (χ4v) is 3.19. The molecule has 0 spiro atoms. The Morgan fingerprint density at radius 1 is 1.37 bits per heavy atom. The highest BCUT2D eigenvalue weighted by atomic mass is 16.5. The fraction of sp³-hybridized carbons (Fsp3) is 0.381. The van der Waals surface area contributed by atoms with Crippen molar-refractivity contribution in [1.29, 1.82) is 0 Å². The van der Waals surface area contributed by atoms with Gasteiger partial charge in [0, 0.05) is 31.8 Å². The molecule has 6 nitrogen and oxygen atoms in total. The van der Waals surface area contributed by atoms with Crippen molar-refractivity contribution >= 4 is 17.9 Å². The summed E-state index contributed by atoms with van der Waals surface area (Å²) in [5.74, 6) is 0.429. The average molecular weight is 366 g/mol. The highest BCUT2D eigenvalue weighted by molar-refractivity contribution is 5.86. The number of carbonyl (C=O) groups is 1. The number of ether oxygens (including phenoxy) is 1. The van der Waals surface area contributed by atoms with Crippen LogP contribution in [0.2, 0.25) is 0 Å². The van der Waals surface area contributed by atoms with E-state index in [0.29, 0.717) is 18.3 Å². The van der Waals surface area contributed by atoms with E-state index in [0.717, 1.165) is 37.6 Å². The molecule has 27 heavy (non-hydrogen) atoms. The van der Waals surface area contributed by atoms with Crippen molar-refractivity contribution in [3.8, 4) is 0 Å². The Kier molecular flexibility index (Phi) is 6.54. The standard InChI is InChI=1S/C21H26N4O2/c1-3-27-20(26)10-9-18-13-22-21(16(2)23-18)24-19-11-12-25(15-19)14-17-7-5-4-6-8-17/h4-10,13,19H,3,11-12,14-15H2,1-2H3,(H,22,24)/b10-9+/t19-/m1/s1. The average Bonchev–Trinajstić information content (AvgIpc) is 3.10. The van der Waals surface area contributed by atoms with E-state index in [4.69, 9.17) is 4.74 Å². The van der Waals surface area contributed by atoms with Crippen molar-refractivity contribution in [3.63, 3.8) is 0 Å². The molecule has 1 atom stereocenters. The van der Waals surface area contributed by atoms with Crippen LogP contribution in [0.15, 0.2) is 42.6 Å². The number of hydrogen-bond donors (Lipinski definition) is 1. The number of hydrogen-bond acceptors (Lipinski definition) is 6. The van der Waals surface area contributed by atoms with Crippen LogP contribution in [-0.2, 0) is 16.1 Å². The molecule has 0 bridgehead atoms.